The highest BCUT2D eigenvalue weighted by atomic mass is 16.6. The molecule has 0 atom stereocenters. The lowest BCUT2D eigenvalue weighted by molar-refractivity contribution is -0.420. The zero-order chi connectivity index (χ0) is 11.1. The Kier molecular flexibility index (Phi) is 5.29. The molecule has 0 rings (SSSR count). The molecule has 0 amide bonds. The summed E-state index contributed by atoms with van der Waals surface area (Å²) in [6.07, 6.45) is 3.79. The summed E-state index contributed by atoms with van der Waals surface area (Å²) in [5.74, 6) is 0. The summed E-state index contributed by atoms with van der Waals surface area (Å²) in [4.78, 5) is 10.3. The van der Waals surface area contributed by atoms with Gasteiger partial charge in [-0.3, -0.25) is 10.1 Å². The quantitative estimate of drug-likeness (QED) is 0.417. The predicted octanol–water partition coefficient (Wildman–Crippen LogP) is 2.24. The van der Waals surface area contributed by atoms with Gasteiger partial charge in [-0.25, -0.2) is 0 Å². The second-order valence-electron chi connectivity index (χ2n) is 2.72. The molecule has 0 saturated heterocycles. The van der Waals surface area contributed by atoms with Gasteiger partial charge < -0.3 is 5.32 Å². The first kappa shape index (κ1) is 12.4. The molecule has 0 aliphatic heterocycles. The van der Waals surface area contributed by atoms with Gasteiger partial charge in [0.15, 0.2) is 0 Å². The molecule has 1 N–H and O–H groups in total. The van der Waals surface area contributed by atoms with Crippen molar-refractivity contribution in [3.63, 3.8) is 0 Å². The molecular weight excluding hydrogens is 180 g/mol. The van der Waals surface area contributed by atoms with Crippen molar-refractivity contribution in [2.75, 3.05) is 7.05 Å². The van der Waals surface area contributed by atoms with Gasteiger partial charge in [-0.05, 0) is 18.9 Å². The van der Waals surface area contributed by atoms with Gasteiger partial charge in [0.25, 0.3) is 5.70 Å². The van der Waals surface area contributed by atoms with Gasteiger partial charge in [0.05, 0.1) is 4.92 Å². The Morgan fingerprint density at radius 1 is 1.64 bits per heavy atom. The number of rotatable bonds is 5. The summed E-state index contributed by atoms with van der Waals surface area (Å²) in [5, 5.41) is 13.5. The van der Waals surface area contributed by atoms with Crippen LogP contribution in [0.15, 0.2) is 35.7 Å². The van der Waals surface area contributed by atoms with Crippen molar-refractivity contribution in [2.24, 2.45) is 0 Å². The number of allylic oxidation sites excluding steroid dienone is 3. The average molecular weight is 196 g/mol. The highest BCUT2D eigenvalue weighted by molar-refractivity contribution is 5.33. The Hall–Kier alpha value is -1.58. The number of nitrogens with zero attached hydrogens (tertiary/aromatic N) is 1. The Morgan fingerprint density at radius 2 is 2.21 bits per heavy atom. The van der Waals surface area contributed by atoms with Gasteiger partial charge in [0.2, 0.25) is 0 Å². The second-order valence-corrected chi connectivity index (χ2v) is 2.72. The molecule has 0 spiro atoms. The third kappa shape index (κ3) is 3.05. The van der Waals surface area contributed by atoms with Crippen LogP contribution in [0.2, 0.25) is 0 Å². The SMILES string of the molecule is C=C(CC)/C(NC)=C(\C=C/C)[N+](=O)[O-]. The van der Waals surface area contributed by atoms with Gasteiger partial charge in [-0.2, -0.15) is 0 Å². The van der Waals surface area contributed by atoms with Gasteiger partial charge in [-0.15, -0.1) is 0 Å². The number of likely N-dealkylation sites (N-methyl/N-ethyl adjacent to an activating group) is 1. The van der Waals surface area contributed by atoms with Crippen molar-refractivity contribution in [3.05, 3.63) is 45.8 Å². The van der Waals surface area contributed by atoms with Gasteiger partial charge in [-0.1, -0.05) is 19.6 Å². The van der Waals surface area contributed by atoms with E-state index in [0.717, 1.165) is 5.57 Å². The zero-order valence-corrected chi connectivity index (χ0v) is 8.83. The van der Waals surface area contributed by atoms with E-state index in [1.165, 1.54) is 6.08 Å². The van der Waals surface area contributed by atoms with Gasteiger partial charge >= 0.3 is 0 Å². The number of nitrogens with one attached hydrogen (secondary N) is 1. The van der Waals surface area contributed by atoms with E-state index in [0.29, 0.717) is 12.1 Å². The molecule has 14 heavy (non-hydrogen) atoms. The summed E-state index contributed by atoms with van der Waals surface area (Å²) in [7, 11) is 1.66. The fraction of sp³-hybridized carbons (Fsp3) is 0.400. The maximum Gasteiger partial charge on any atom is 0.292 e. The van der Waals surface area contributed by atoms with Crippen molar-refractivity contribution in [3.8, 4) is 0 Å². The third-order valence-electron chi connectivity index (χ3n) is 1.81. The Balaban J connectivity index is 5.29. The monoisotopic (exact) mass is 196 g/mol. The van der Waals surface area contributed by atoms with E-state index in [1.807, 2.05) is 6.92 Å². The Morgan fingerprint density at radius 3 is 2.50 bits per heavy atom. The highest BCUT2D eigenvalue weighted by Gasteiger charge is 2.15. The van der Waals surface area contributed by atoms with Crippen LogP contribution >= 0.6 is 0 Å². The summed E-state index contributed by atoms with van der Waals surface area (Å²) >= 11 is 0. The standard InChI is InChI=1S/C10H16N2O2/c1-5-7-9(12(13)14)10(11-4)8(3)6-2/h5,7,11H,3,6H2,1-2,4H3/b7-5-,10-9-. The molecule has 0 radical (unpaired) electrons. The fourth-order valence-corrected chi connectivity index (χ4v) is 1.06. The van der Waals surface area contributed by atoms with Crippen LogP contribution in [0.1, 0.15) is 20.3 Å². The minimum Gasteiger partial charge on any atom is -0.382 e. The molecule has 78 valence electrons. The average Bonchev–Trinajstić information content (AvgIpc) is 2.16. The maximum atomic E-state index is 10.7. The summed E-state index contributed by atoms with van der Waals surface area (Å²) in [6, 6.07) is 0. The normalized spacial score (nSPS) is 12.5. The molecule has 0 unspecified atom stereocenters. The molecule has 0 aliphatic carbocycles. The van der Waals surface area contributed by atoms with Crippen molar-refractivity contribution in [1.82, 2.24) is 5.32 Å². The summed E-state index contributed by atoms with van der Waals surface area (Å²) in [6.45, 7) is 7.42. The van der Waals surface area contributed by atoms with E-state index in [9.17, 15) is 10.1 Å². The molecule has 0 heterocycles. The minimum absolute atomic E-state index is 0.0573. The predicted molar refractivity (Wildman–Crippen MR) is 57.3 cm³/mol. The van der Waals surface area contributed by atoms with Crippen LogP contribution in [0.4, 0.5) is 0 Å². The summed E-state index contributed by atoms with van der Waals surface area (Å²) in [5.41, 5.74) is 1.29. The van der Waals surface area contributed by atoms with Crippen molar-refractivity contribution in [2.45, 2.75) is 20.3 Å². The summed E-state index contributed by atoms with van der Waals surface area (Å²) < 4.78 is 0. The van der Waals surface area contributed by atoms with E-state index < -0.39 is 4.92 Å². The van der Waals surface area contributed by atoms with E-state index in [1.54, 1.807) is 20.0 Å². The largest absolute Gasteiger partial charge is 0.382 e. The number of hydrogen-bond acceptors (Lipinski definition) is 3. The van der Waals surface area contributed by atoms with E-state index in [2.05, 4.69) is 11.9 Å². The maximum absolute atomic E-state index is 10.7. The molecular formula is C10H16N2O2. The first-order chi connectivity index (χ1) is 6.58. The van der Waals surface area contributed by atoms with Crippen molar-refractivity contribution < 1.29 is 4.92 Å². The van der Waals surface area contributed by atoms with E-state index in [4.69, 9.17) is 0 Å². The number of hydrogen-bond donors (Lipinski definition) is 1. The molecule has 0 bridgehead atoms. The Bertz CT molecular complexity index is 290. The van der Waals surface area contributed by atoms with Crippen LogP contribution in [0, 0.1) is 10.1 Å². The first-order valence-electron chi connectivity index (χ1n) is 4.45. The molecule has 0 saturated carbocycles. The lowest BCUT2D eigenvalue weighted by Gasteiger charge is -2.07. The molecule has 4 heteroatoms. The van der Waals surface area contributed by atoms with Gasteiger partial charge in [0, 0.05) is 13.1 Å². The van der Waals surface area contributed by atoms with E-state index >= 15 is 0 Å². The fourth-order valence-electron chi connectivity index (χ4n) is 1.06. The molecule has 0 aromatic heterocycles. The molecule has 0 aromatic carbocycles. The third-order valence-corrected chi connectivity index (χ3v) is 1.81. The minimum atomic E-state index is -0.410. The van der Waals surface area contributed by atoms with Crippen LogP contribution in [0.25, 0.3) is 0 Å². The smallest absolute Gasteiger partial charge is 0.292 e. The first-order valence-corrected chi connectivity index (χ1v) is 4.45. The molecule has 0 aromatic rings. The zero-order valence-electron chi connectivity index (χ0n) is 8.83. The van der Waals surface area contributed by atoms with Crippen molar-refractivity contribution >= 4 is 0 Å². The molecule has 0 fully saturated rings. The topological polar surface area (TPSA) is 55.2 Å². The van der Waals surface area contributed by atoms with Crippen LogP contribution in [-0.4, -0.2) is 12.0 Å². The lowest BCUT2D eigenvalue weighted by Crippen LogP contribution is -2.14. The van der Waals surface area contributed by atoms with Gasteiger partial charge in [0.1, 0.15) is 5.70 Å². The number of nitro groups is 1. The lowest BCUT2D eigenvalue weighted by atomic mass is 10.1. The highest BCUT2D eigenvalue weighted by Crippen LogP contribution is 2.14. The Labute approximate surface area is 84.2 Å². The van der Waals surface area contributed by atoms with Crippen LogP contribution in [0.5, 0.6) is 0 Å². The van der Waals surface area contributed by atoms with Crippen LogP contribution in [0.3, 0.4) is 0 Å². The van der Waals surface area contributed by atoms with Crippen LogP contribution < -0.4 is 5.32 Å². The van der Waals surface area contributed by atoms with E-state index in [-0.39, 0.29) is 5.70 Å². The van der Waals surface area contributed by atoms with Crippen molar-refractivity contribution in [1.29, 1.82) is 0 Å². The van der Waals surface area contributed by atoms with Crippen LogP contribution in [-0.2, 0) is 0 Å². The molecule has 4 nitrogen and oxygen atoms in total. The second kappa shape index (κ2) is 5.96. The molecule has 0 aliphatic rings.